The van der Waals surface area contributed by atoms with Gasteiger partial charge in [0.2, 0.25) is 0 Å². The number of hydrogen-bond acceptors (Lipinski definition) is 3. The Kier molecular flexibility index (Phi) is 9.27. The summed E-state index contributed by atoms with van der Waals surface area (Å²) >= 11 is 0. The smallest absolute Gasteiger partial charge is 0.0547 e. The maximum absolute atomic E-state index is 4.79. The molecule has 0 aliphatic rings. The Morgan fingerprint density at radius 2 is 1.86 bits per heavy atom. The predicted molar refractivity (Wildman–Crippen MR) is 91.3 cm³/mol. The summed E-state index contributed by atoms with van der Waals surface area (Å²) in [6, 6.07) is 6.97. The molecule has 1 N–H and O–H groups in total. The van der Waals surface area contributed by atoms with Gasteiger partial charge in [-0.15, -0.1) is 0 Å². The van der Waals surface area contributed by atoms with Crippen LogP contribution < -0.4 is 5.32 Å². The minimum atomic E-state index is 0.575. The topological polar surface area (TPSA) is 28.2 Å². The average molecular weight is 291 g/mol. The highest BCUT2D eigenvalue weighted by molar-refractivity contribution is 5.11. The molecule has 1 aromatic rings. The molecule has 0 spiro atoms. The van der Waals surface area contributed by atoms with E-state index >= 15 is 0 Å². The van der Waals surface area contributed by atoms with E-state index in [-0.39, 0.29) is 0 Å². The van der Waals surface area contributed by atoms with Crippen molar-refractivity contribution in [1.82, 2.24) is 15.2 Å². The summed E-state index contributed by atoms with van der Waals surface area (Å²) in [4.78, 5) is 7.32. The molecule has 0 aliphatic heterocycles. The van der Waals surface area contributed by atoms with Gasteiger partial charge >= 0.3 is 0 Å². The fourth-order valence-corrected chi connectivity index (χ4v) is 2.40. The first-order valence-electron chi connectivity index (χ1n) is 8.57. The number of rotatable bonds is 11. The highest BCUT2D eigenvalue weighted by Crippen LogP contribution is 2.09. The summed E-state index contributed by atoms with van der Waals surface area (Å²) in [5, 5.41) is 3.42. The van der Waals surface area contributed by atoms with Crippen molar-refractivity contribution in [3.63, 3.8) is 0 Å². The van der Waals surface area contributed by atoms with E-state index in [1.807, 2.05) is 0 Å². The third-order valence-electron chi connectivity index (χ3n) is 3.74. The molecular weight excluding hydrogens is 258 g/mol. The first-order valence-corrected chi connectivity index (χ1v) is 8.57. The van der Waals surface area contributed by atoms with Crippen LogP contribution in [0.1, 0.15) is 64.8 Å². The molecular formula is C18H33N3. The summed E-state index contributed by atoms with van der Waals surface area (Å²) in [6.07, 6.45) is 5.05. The van der Waals surface area contributed by atoms with Crippen molar-refractivity contribution >= 4 is 0 Å². The molecule has 120 valence electrons. The van der Waals surface area contributed by atoms with Gasteiger partial charge in [-0.05, 0) is 51.9 Å². The van der Waals surface area contributed by atoms with Gasteiger partial charge in [-0.25, -0.2) is 0 Å². The Morgan fingerprint density at radius 3 is 2.52 bits per heavy atom. The maximum Gasteiger partial charge on any atom is 0.0547 e. The SMILES string of the molecule is CCCCCN(Cc1cccc(CNCCC)n1)C(C)C. The lowest BCUT2D eigenvalue weighted by Crippen LogP contribution is -2.31. The average Bonchev–Trinajstić information content (AvgIpc) is 2.47. The molecule has 0 atom stereocenters. The molecule has 0 amide bonds. The number of nitrogens with zero attached hydrogens (tertiary/aromatic N) is 2. The molecule has 0 bridgehead atoms. The summed E-state index contributed by atoms with van der Waals surface area (Å²) < 4.78 is 0. The molecule has 0 saturated carbocycles. The lowest BCUT2D eigenvalue weighted by molar-refractivity contribution is 0.206. The quantitative estimate of drug-likeness (QED) is 0.625. The van der Waals surface area contributed by atoms with Gasteiger partial charge in [-0.2, -0.15) is 0 Å². The van der Waals surface area contributed by atoms with Gasteiger partial charge in [0.1, 0.15) is 0 Å². The normalized spacial score (nSPS) is 11.5. The van der Waals surface area contributed by atoms with E-state index in [1.54, 1.807) is 0 Å². The Morgan fingerprint density at radius 1 is 1.10 bits per heavy atom. The molecule has 0 radical (unpaired) electrons. The maximum atomic E-state index is 4.79. The second-order valence-corrected chi connectivity index (χ2v) is 6.07. The van der Waals surface area contributed by atoms with Crippen LogP contribution in [0.2, 0.25) is 0 Å². The van der Waals surface area contributed by atoms with E-state index in [1.165, 1.54) is 31.5 Å². The molecule has 21 heavy (non-hydrogen) atoms. The number of pyridine rings is 1. The number of aromatic nitrogens is 1. The summed E-state index contributed by atoms with van der Waals surface area (Å²) in [5.74, 6) is 0. The van der Waals surface area contributed by atoms with E-state index in [0.29, 0.717) is 6.04 Å². The van der Waals surface area contributed by atoms with Crippen molar-refractivity contribution in [3.8, 4) is 0 Å². The van der Waals surface area contributed by atoms with Gasteiger partial charge in [-0.3, -0.25) is 9.88 Å². The Hall–Kier alpha value is -0.930. The lowest BCUT2D eigenvalue weighted by atomic mass is 10.2. The van der Waals surface area contributed by atoms with Crippen LogP contribution in [-0.4, -0.2) is 29.0 Å². The minimum absolute atomic E-state index is 0.575. The van der Waals surface area contributed by atoms with Crippen LogP contribution in [0.5, 0.6) is 0 Å². The fourth-order valence-electron chi connectivity index (χ4n) is 2.40. The van der Waals surface area contributed by atoms with Gasteiger partial charge in [0.15, 0.2) is 0 Å². The van der Waals surface area contributed by atoms with Crippen molar-refractivity contribution in [2.75, 3.05) is 13.1 Å². The van der Waals surface area contributed by atoms with Crippen LogP contribution in [0.15, 0.2) is 18.2 Å². The van der Waals surface area contributed by atoms with Crippen LogP contribution in [-0.2, 0) is 13.1 Å². The highest BCUT2D eigenvalue weighted by atomic mass is 15.1. The molecule has 0 saturated heterocycles. The number of hydrogen-bond donors (Lipinski definition) is 1. The standard InChI is InChI=1S/C18H33N3/c1-5-7-8-13-21(16(3)4)15-18-11-9-10-17(20-18)14-19-12-6-2/h9-11,16,19H,5-8,12-15H2,1-4H3. The van der Waals surface area contributed by atoms with Gasteiger partial charge in [0.05, 0.1) is 11.4 Å². The van der Waals surface area contributed by atoms with E-state index in [9.17, 15) is 0 Å². The van der Waals surface area contributed by atoms with Crippen LogP contribution in [0, 0.1) is 0 Å². The molecule has 0 fully saturated rings. The van der Waals surface area contributed by atoms with Crippen molar-refractivity contribution in [2.45, 2.75) is 72.5 Å². The Balaban J connectivity index is 2.55. The fraction of sp³-hybridized carbons (Fsp3) is 0.722. The second kappa shape index (κ2) is 10.7. The summed E-state index contributed by atoms with van der Waals surface area (Å²) in [6.45, 7) is 13.1. The molecule has 0 aliphatic carbocycles. The largest absolute Gasteiger partial charge is 0.311 e. The molecule has 1 rings (SSSR count). The molecule has 3 heteroatoms. The summed E-state index contributed by atoms with van der Waals surface area (Å²) in [5.41, 5.74) is 2.34. The zero-order valence-electron chi connectivity index (χ0n) is 14.4. The third-order valence-corrected chi connectivity index (χ3v) is 3.74. The monoisotopic (exact) mass is 291 g/mol. The zero-order chi connectivity index (χ0) is 15.5. The van der Waals surface area contributed by atoms with Crippen LogP contribution >= 0.6 is 0 Å². The Bertz CT molecular complexity index is 376. The van der Waals surface area contributed by atoms with E-state index in [4.69, 9.17) is 4.98 Å². The van der Waals surface area contributed by atoms with Crippen molar-refractivity contribution in [1.29, 1.82) is 0 Å². The van der Waals surface area contributed by atoms with Gasteiger partial charge in [0, 0.05) is 19.1 Å². The Labute approximate surface area is 131 Å². The summed E-state index contributed by atoms with van der Waals surface area (Å²) in [7, 11) is 0. The first-order chi connectivity index (χ1) is 10.2. The number of unbranched alkanes of at least 4 members (excludes halogenated alkanes) is 2. The molecule has 0 unspecified atom stereocenters. The van der Waals surface area contributed by atoms with E-state index in [2.05, 4.69) is 56.1 Å². The molecule has 0 aromatic carbocycles. The first kappa shape index (κ1) is 18.1. The number of nitrogens with one attached hydrogen (secondary N) is 1. The molecule has 1 heterocycles. The van der Waals surface area contributed by atoms with E-state index < -0.39 is 0 Å². The van der Waals surface area contributed by atoms with Gasteiger partial charge < -0.3 is 5.32 Å². The highest BCUT2D eigenvalue weighted by Gasteiger charge is 2.10. The van der Waals surface area contributed by atoms with Crippen molar-refractivity contribution < 1.29 is 0 Å². The third kappa shape index (κ3) is 7.58. The van der Waals surface area contributed by atoms with Crippen LogP contribution in [0.3, 0.4) is 0 Å². The van der Waals surface area contributed by atoms with Crippen LogP contribution in [0.25, 0.3) is 0 Å². The van der Waals surface area contributed by atoms with E-state index in [0.717, 1.165) is 31.7 Å². The lowest BCUT2D eigenvalue weighted by Gasteiger charge is -2.26. The van der Waals surface area contributed by atoms with Crippen molar-refractivity contribution in [2.24, 2.45) is 0 Å². The predicted octanol–water partition coefficient (Wildman–Crippen LogP) is 3.98. The second-order valence-electron chi connectivity index (χ2n) is 6.07. The van der Waals surface area contributed by atoms with Crippen molar-refractivity contribution in [3.05, 3.63) is 29.6 Å². The molecule has 1 aromatic heterocycles. The van der Waals surface area contributed by atoms with Crippen LogP contribution in [0.4, 0.5) is 0 Å². The molecule has 3 nitrogen and oxygen atoms in total. The minimum Gasteiger partial charge on any atom is -0.311 e. The van der Waals surface area contributed by atoms with Gasteiger partial charge in [-0.1, -0.05) is 32.8 Å². The van der Waals surface area contributed by atoms with Gasteiger partial charge in [0.25, 0.3) is 0 Å². The zero-order valence-corrected chi connectivity index (χ0v) is 14.4.